The van der Waals surface area contributed by atoms with Crippen molar-refractivity contribution in [1.82, 2.24) is 0 Å². The summed E-state index contributed by atoms with van der Waals surface area (Å²) in [6.45, 7) is 4.20. The van der Waals surface area contributed by atoms with Gasteiger partial charge in [-0.3, -0.25) is 4.79 Å². The molecule has 0 aliphatic heterocycles. The average molecular weight is 252 g/mol. The summed E-state index contributed by atoms with van der Waals surface area (Å²) in [5.74, 6) is 1.39. The maximum absolute atomic E-state index is 10.7. The first-order valence-corrected chi connectivity index (χ1v) is 6.84. The van der Waals surface area contributed by atoms with Gasteiger partial charge in [0, 0.05) is 5.75 Å². The molecule has 0 heterocycles. The Morgan fingerprint density at radius 3 is 2.41 bits per heavy atom. The molecule has 4 N–H and O–H groups in total. The lowest BCUT2D eigenvalue weighted by molar-refractivity contribution is -0.119. The summed E-state index contributed by atoms with van der Waals surface area (Å²) >= 11 is 1.78. The zero-order chi connectivity index (χ0) is 12.8. The van der Waals surface area contributed by atoms with Gasteiger partial charge in [-0.15, -0.1) is 0 Å². The molecule has 1 atom stereocenters. The van der Waals surface area contributed by atoms with Crippen LogP contribution in [0.25, 0.3) is 0 Å². The van der Waals surface area contributed by atoms with Crippen molar-refractivity contribution in [2.24, 2.45) is 11.5 Å². The number of primary amides is 1. The van der Waals surface area contributed by atoms with E-state index in [4.69, 9.17) is 11.5 Å². The van der Waals surface area contributed by atoms with Gasteiger partial charge in [0.1, 0.15) is 0 Å². The molecule has 3 nitrogen and oxygen atoms in total. The molecular weight excluding hydrogens is 232 g/mol. The van der Waals surface area contributed by atoms with Crippen LogP contribution < -0.4 is 11.5 Å². The van der Waals surface area contributed by atoms with Gasteiger partial charge in [-0.05, 0) is 31.6 Å². The number of aryl methyl sites for hydroxylation is 2. The monoisotopic (exact) mass is 252 g/mol. The van der Waals surface area contributed by atoms with Gasteiger partial charge in [-0.2, -0.15) is 11.8 Å². The van der Waals surface area contributed by atoms with Gasteiger partial charge in [-0.25, -0.2) is 0 Å². The van der Waals surface area contributed by atoms with Crippen molar-refractivity contribution in [2.75, 3.05) is 5.75 Å². The minimum atomic E-state index is -0.512. The quantitative estimate of drug-likeness (QED) is 0.758. The molecule has 0 saturated carbocycles. The molecule has 94 valence electrons. The van der Waals surface area contributed by atoms with E-state index in [2.05, 4.69) is 32.0 Å². The van der Waals surface area contributed by atoms with Gasteiger partial charge in [0.2, 0.25) is 5.91 Å². The van der Waals surface area contributed by atoms with Crippen LogP contribution >= 0.6 is 11.8 Å². The molecule has 0 aromatic heterocycles. The Morgan fingerprint density at radius 1 is 1.29 bits per heavy atom. The maximum Gasteiger partial charge on any atom is 0.234 e. The Labute approximate surface area is 107 Å². The van der Waals surface area contributed by atoms with Crippen molar-refractivity contribution >= 4 is 17.7 Å². The molecule has 1 aromatic carbocycles. The van der Waals surface area contributed by atoms with Crippen LogP contribution in [0, 0.1) is 13.8 Å². The fraction of sp³-hybridized carbons (Fsp3) is 0.462. The number of nitrogens with two attached hydrogens (primary N) is 2. The van der Waals surface area contributed by atoms with E-state index in [1.165, 1.54) is 16.7 Å². The minimum Gasteiger partial charge on any atom is -0.368 e. The fourth-order valence-electron chi connectivity index (χ4n) is 1.69. The number of thioether (sulfide) groups is 1. The molecule has 1 unspecified atom stereocenters. The molecule has 1 amide bonds. The summed E-state index contributed by atoms with van der Waals surface area (Å²) in [4.78, 5) is 10.7. The second-order valence-corrected chi connectivity index (χ2v) is 5.45. The van der Waals surface area contributed by atoms with Crippen molar-refractivity contribution in [3.8, 4) is 0 Å². The van der Waals surface area contributed by atoms with Gasteiger partial charge < -0.3 is 11.5 Å². The van der Waals surface area contributed by atoms with E-state index in [0.29, 0.717) is 6.42 Å². The summed E-state index contributed by atoms with van der Waals surface area (Å²) < 4.78 is 0. The number of rotatable bonds is 6. The highest BCUT2D eigenvalue weighted by Crippen LogP contribution is 2.16. The van der Waals surface area contributed by atoms with Gasteiger partial charge >= 0.3 is 0 Å². The predicted molar refractivity (Wildman–Crippen MR) is 73.9 cm³/mol. The van der Waals surface area contributed by atoms with Crippen LogP contribution in [-0.2, 0) is 10.5 Å². The third kappa shape index (κ3) is 5.24. The lowest BCUT2D eigenvalue weighted by Gasteiger charge is -2.07. The number of carbonyl (C=O) groups excluding carboxylic acids is 1. The van der Waals surface area contributed by atoms with Crippen molar-refractivity contribution in [2.45, 2.75) is 32.1 Å². The molecular formula is C13H20N2OS. The molecule has 0 bridgehead atoms. The van der Waals surface area contributed by atoms with E-state index >= 15 is 0 Å². The molecule has 1 aromatic rings. The van der Waals surface area contributed by atoms with E-state index in [9.17, 15) is 4.79 Å². The second kappa shape index (κ2) is 6.67. The van der Waals surface area contributed by atoms with E-state index in [1.54, 1.807) is 11.8 Å². The summed E-state index contributed by atoms with van der Waals surface area (Å²) in [6, 6.07) is 6.03. The first kappa shape index (κ1) is 14.1. The van der Waals surface area contributed by atoms with Crippen molar-refractivity contribution in [3.63, 3.8) is 0 Å². The van der Waals surface area contributed by atoms with Gasteiger partial charge in [-0.1, -0.05) is 29.3 Å². The largest absolute Gasteiger partial charge is 0.368 e. The number of hydrogen-bond donors (Lipinski definition) is 2. The lowest BCUT2D eigenvalue weighted by atomic mass is 10.1. The Kier molecular flexibility index (Phi) is 5.51. The zero-order valence-electron chi connectivity index (χ0n) is 10.4. The van der Waals surface area contributed by atoms with Crippen LogP contribution in [-0.4, -0.2) is 17.7 Å². The lowest BCUT2D eigenvalue weighted by Crippen LogP contribution is -2.36. The molecule has 0 fully saturated rings. The number of amides is 1. The third-order valence-corrected chi connectivity index (χ3v) is 3.55. The van der Waals surface area contributed by atoms with E-state index in [-0.39, 0.29) is 0 Å². The number of hydrogen-bond acceptors (Lipinski definition) is 3. The number of benzene rings is 1. The van der Waals surface area contributed by atoms with Crippen molar-refractivity contribution < 1.29 is 4.79 Å². The highest BCUT2D eigenvalue weighted by molar-refractivity contribution is 7.98. The van der Waals surface area contributed by atoms with E-state index < -0.39 is 11.9 Å². The van der Waals surface area contributed by atoms with Gasteiger partial charge in [0.05, 0.1) is 6.04 Å². The molecule has 0 aliphatic carbocycles. The Bertz CT molecular complexity index is 373. The first-order chi connectivity index (χ1) is 7.99. The van der Waals surface area contributed by atoms with E-state index in [0.717, 1.165) is 11.5 Å². The molecule has 17 heavy (non-hydrogen) atoms. The van der Waals surface area contributed by atoms with Crippen molar-refractivity contribution in [3.05, 3.63) is 34.9 Å². The molecule has 1 rings (SSSR count). The molecule has 0 aliphatic rings. The Balaban J connectivity index is 2.33. The Morgan fingerprint density at radius 2 is 1.88 bits per heavy atom. The maximum atomic E-state index is 10.7. The van der Waals surface area contributed by atoms with Crippen LogP contribution in [0.2, 0.25) is 0 Å². The average Bonchev–Trinajstić information content (AvgIpc) is 2.22. The van der Waals surface area contributed by atoms with Gasteiger partial charge in [0.25, 0.3) is 0 Å². The topological polar surface area (TPSA) is 69.1 Å². The summed E-state index contributed by atoms with van der Waals surface area (Å²) in [7, 11) is 0. The fourth-order valence-corrected chi connectivity index (χ4v) is 2.66. The standard InChI is InChI=1S/C13H20N2OS/c1-9-5-10(2)7-11(6-9)8-17-4-3-12(14)13(15)16/h5-7,12H,3-4,8,14H2,1-2H3,(H2,15,16). The normalized spacial score (nSPS) is 12.4. The smallest absolute Gasteiger partial charge is 0.234 e. The summed E-state index contributed by atoms with van der Waals surface area (Å²) in [5.41, 5.74) is 14.5. The molecule has 0 radical (unpaired) electrons. The van der Waals surface area contributed by atoms with Crippen LogP contribution in [0.4, 0.5) is 0 Å². The minimum absolute atomic E-state index is 0.419. The van der Waals surface area contributed by atoms with Crippen LogP contribution in [0.15, 0.2) is 18.2 Å². The van der Waals surface area contributed by atoms with Crippen LogP contribution in [0.3, 0.4) is 0 Å². The third-order valence-electron chi connectivity index (χ3n) is 2.49. The summed E-state index contributed by atoms with van der Waals surface area (Å²) in [5, 5.41) is 0. The molecule has 4 heteroatoms. The highest BCUT2D eigenvalue weighted by atomic mass is 32.2. The van der Waals surface area contributed by atoms with Crippen LogP contribution in [0.1, 0.15) is 23.1 Å². The van der Waals surface area contributed by atoms with Gasteiger partial charge in [0.15, 0.2) is 0 Å². The van der Waals surface area contributed by atoms with Crippen molar-refractivity contribution in [1.29, 1.82) is 0 Å². The number of carbonyl (C=O) groups is 1. The first-order valence-electron chi connectivity index (χ1n) is 5.69. The highest BCUT2D eigenvalue weighted by Gasteiger charge is 2.08. The molecule has 0 saturated heterocycles. The SMILES string of the molecule is Cc1cc(C)cc(CSCCC(N)C(N)=O)c1. The second-order valence-electron chi connectivity index (χ2n) is 4.35. The zero-order valence-corrected chi connectivity index (χ0v) is 11.2. The summed E-state index contributed by atoms with van der Waals surface area (Å²) in [6.07, 6.45) is 0.644. The Hall–Kier alpha value is -1.00. The van der Waals surface area contributed by atoms with Crippen LogP contribution in [0.5, 0.6) is 0 Å². The van der Waals surface area contributed by atoms with E-state index in [1.807, 2.05) is 0 Å². The predicted octanol–water partition coefficient (Wildman–Crippen LogP) is 1.74. The molecule has 0 spiro atoms.